The number of aromatic nitrogens is 1. The average molecular weight is 217 g/mol. The number of nitriles is 1. The van der Waals surface area contributed by atoms with Crippen molar-refractivity contribution in [2.45, 2.75) is 31.9 Å². The minimum absolute atomic E-state index is 0.226. The fraction of sp³-hybridized carbons (Fsp3) is 0.500. The summed E-state index contributed by atoms with van der Waals surface area (Å²) in [5.41, 5.74) is 0.622. The summed E-state index contributed by atoms with van der Waals surface area (Å²) in [7, 11) is 0. The molecule has 4 nitrogen and oxygen atoms in total. The molecule has 1 aromatic rings. The van der Waals surface area contributed by atoms with Gasteiger partial charge < -0.3 is 10.1 Å². The van der Waals surface area contributed by atoms with E-state index in [-0.39, 0.29) is 12.1 Å². The third-order valence-electron chi connectivity index (χ3n) is 2.79. The summed E-state index contributed by atoms with van der Waals surface area (Å²) < 4.78 is 5.59. The minimum atomic E-state index is 0.226. The van der Waals surface area contributed by atoms with Crippen molar-refractivity contribution in [3.63, 3.8) is 0 Å². The molecule has 0 amide bonds. The Balaban J connectivity index is 2.00. The third-order valence-corrected chi connectivity index (χ3v) is 2.79. The summed E-state index contributed by atoms with van der Waals surface area (Å²) in [4.78, 5) is 4.18. The maximum absolute atomic E-state index is 8.78. The van der Waals surface area contributed by atoms with Crippen LogP contribution in [0, 0.1) is 11.3 Å². The zero-order chi connectivity index (χ0) is 11.4. The number of ether oxygens (including phenoxy) is 1. The predicted molar refractivity (Wildman–Crippen MR) is 61.0 cm³/mol. The van der Waals surface area contributed by atoms with Crippen molar-refractivity contribution in [3.05, 3.63) is 23.9 Å². The van der Waals surface area contributed by atoms with Crippen LogP contribution in [0.2, 0.25) is 0 Å². The lowest BCUT2D eigenvalue weighted by atomic mass is 10.1. The van der Waals surface area contributed by atoms with E-state index < -0.39 is 0 Å². The molecule has 1 N–H and O–H groups in total. The SMILES string of the molecule is CC(Nc1cc(C#N)ccn1)C1CCCO1. The van der Waals surface area contributed by atoms with Crippen molar-refractivity contribution >= 4 is 5.82 Å². The molecule has 0 bridgehead atoms. The van der Waals surface area contributed by atoms with Crippen molar-refractivity contribution in [1.82, 2.24) is 4.98 Å². The van der Waals surface area contributed by atoms with Gasteiger partial charge in [0.2, 0.25) is 0 Å². The summed E-state index contributed by atoms with van der Waals surface area (Å²) in [6.07, 6.45) is 4.12. The summed E-state index contributed by atoms with van der Waals surface area (Å²) in [5.74, 6) is 0.738. The van der Waals surface area contributed by atoms with E-state index in [9.17, 15) is 0 Å². The smallest absolute Gasteiger partial charge is 0.127 e. The number of pyridine rings is 1. The fourth-order valence-corrected chi connectivity index (χ4v) is 1.90. The van der Waals surface area contributed by atoms with Crippen LogP contribution in [-0.4, -0.2) is 23.7 Å². The second-order valence-electron chi connectivity index (χ2n) is 4.03. The van der Waals surface area contributed by atoms with Crippen LogP contribution in [-0.2, 0) is 4.74 Å². The molecule has 1 saturated heterocycles. The Labute approximate surface area is 95.3 Å². The number of hydrogen-bond acceptors (Lipinski definition) is 4. The van der Waals surface area contributed by atoms with E-state index in [0.29, 0.717) is 5.56 Å². The molecule has 2 rings (SSSR count). The number of nitrogens with zero attached hydrogens (tertiary/aromatic N) is 2. The van der Waals surface area contributed by atoms with E-state index in [0.717, 1.165) is 25.3 Å². The molecule has 16 heavy (non-hydrogen) atoms. The highest BCUT2D eigenvalue weighted by Gasteiger charge is 2.22. The molecule has 2 atom stereocenters. The standard InChI is InChI=1S/C12H15N3O/c1-9(11-3-2-6-16-11)15-12-7-10(8-13)4-5-14-12/h4-5,7,9,11H,2-3,6H2,1H3,(H,14,15). The van der Waals surface area contributed by atoms with Gasteiger partial charge in [0.05, 0.1) is 23.8 Å². The third kappa shape index (κ3) is 2.50. The van der Waals surface area contributed by atoms with Gasteiger partial charge in [-0.15, -0.1) is 0 Å². The summed E-state index contributed by atoms with van der Waals surface area (Å²) >= 11 is 0. The van der Waals surface area contributed by atoms with Gasteiger partial charge in [-0.1, -0.05) is 0 Å². The monoisotopic (exact) mass is 217 g/mol. The van der Waals surface area contributed by atoms with Gasteiger partial charge in [-0.25, -0.2) is 4.98 Å². The molecule has 1 aliphatic rings. The molecule has 0 saturated carbocycles. The number of rotatable bonds is 3. The summed E-state index contributed by atoms with van der Waals surface area (Å²) in [6.45, 7) is 2.93. The molecule has 1 aliphatic heterocycles. The zero-order valence-electron chi connectivity index (χ0n) is 9.31. The van der Waals surface area contributed by atoms with E-state index in [4.69, 9.17) is 10.00 Å². The first kappa shape index (κ1) is 10.9. The number of hydrogen-bond donors (Lipinski definition) is 1. The van der Waals surface area contributed by atoms with Crippen molar-refractivity contribution in [2.75, 3.05) is 11.9 Å². The number of nitrogens with one attached hydrogen (secondary N) is 1. The molecule has 0 spiro atoms. The molecular weight excluding hydrogens is 202 g/mol. The molecule has 2 heterocycles. The molecule has 1 aromatic heterocycles. The predicted octanol–water partition coefficient (Wildman–Crippen LogP) is 1.93. The van der Waals surface area contributed by atoms with Gasteiger partial charge in [0.25, 0.3) is 0 Å². The molecule has 84 valence electrons. The Kier molecular flexibility index (Phi) is 3.37. The largest absolute Gasteiger partial charge is 0.376 e. The molecule has 1 fully saturated rings. The van der Waals surface area contributed by atoms with Crippen molar-refractivity contribution < 1.29 is 4.74 Å². The van der Waals surface area contributed by atoms with E-state index in [1.165, 1.54) is 0 Å². The molecule has 0 radical (unpaired) electrons. The van der Waals surface area contributed by atoms with Gasteiger partial charge in [0, 0.05) is 12.8 Å². The van der Waals surface area contributed by atoms with Crippen molar-refractivity contribution in [3.8, 4) is 6.07 Å². The van der Waals surface area contributed by atoms with Crippen LogP contribution in [0.5, 0.6) is 0 Å². The van der Waals surface area contributed by atoms with Crippen LogP contribution < -0.4 is 5.32 Å². The average Bonchev–Trinajstić information content (AvgIpc) is 2.83. The molecular formula is C12H15N3O. The van der Waals surface area contributed by atoms with Crippen LogP contribution >= 0.6 is 0 Å². The van der Waals surface area contributed by atoms with Crippen LogP contribution in [0.25, 0.3) is 0 Å². The van der Waals surface area contributed by atoms with Gasteiger partial charge in [-0.3, -0.25) is 0 Å². The summed E-state index contributed by atoms with van der Waals surface area (Å²) in [5, 5.41) is 12.0. The first-order chi connectivity index (χ1) is 7.79. The quantitative estimate of drug-likeness (QED) is 0.840. The highest BCUT2D eigenvalue weighted by atomic mass is 16.5. The van der Waals surface area contributed by atoms with Gasteiger partial charge >= 0.3 is 0 Å². The van der Waals surface area contributed by atoms with E-state index in [2.05, 4.69) is 23.3 Å². The van der Waals surface area contributed by atoms with Gasteiger partial charge in [0.1, 0.15) is 5.82 Å². The lowest BCUT2D eigenvalue weighted by Crippen LogP contribution is -2.30. The molecule has 0 aromatic carbocycles. The van der Waals surface area contributed by atoms with E-state index >= 15 is 0 Å². The Bertz CT molecular complexity index is 393. The Morgan fingerprint density at radius 2 is 2.56 bits per heavy atom. The van der Waals surface area contributed by atoms with Crippen LogP contribution in [0.3, 0.4) is 0 Å². The van der Waals surface area contributed by atoms with Crippen LogP contribution in [0.1, 0.15) is 25.3 Å². The lowest BCUT2D eigenvalue weighted by Gasteiger charge is -2.20. The fourth-order valence-electron chi connectivity index (χ4n) is 1.90. The van der Waals surface area contributed by atoms with Crippen molar-refractivity contribution in [1.29, 1.82) is 5.26 Å². The second-order valence-corrected chi connectivity index (χ2v) is 4.03. The van der Waals surface area contributed by atoms with Crippen LogP contribution in [0.15, 0.2) is 18.3 Å². The lowest BCUT2D eigenvalue weighted by molar-refractivity contribution is 0.0995. The normalized spacial score (nSPS) is 21.4. The van der Waals surface area contributed by atoms with Gasteiger partial charge in [0.15, 0.2) is 0 Å². The second kappa shape index (κ2) is 4.95. The highest BCUT2D eigenvalue weighted by Crippen LogP contribution is 2.18. The maximum Gasteiger partial charge on any atom is 0.127 e. The Morgan fingerprint density at radius 3 is 3.25 bits per heavy atom. The van der Waals surface area contributed by atoms with Crippen molar-refractivity contribution in [2.24, 2.45) is 0 Å². The zero-order valence-corrected chi connectivity index (χ0v) is 9.31. The summed E-state index contributed by atoms with van der Waals surface area (Å²) in [6, 6.07) is 5.78. The number of anilines is 1. The minimum Gasteiger partial charge on any atom is -0.376 e. The highest BCUT2D eigenvalue weighted by molar-refractivity contribution is 5.43. The maximum atomic E-state index is 8.78. The van der Waals surface area contributed by atoms with Crippen LogP contribution in [0.4, 0.5) is 5.82 Å². The Hall–Kier alpha value is -1.60. The first-order valence-electron chi connectivity index (χ1n) is 5.54. The Morgan fingerprint density at radius 1 is 1.69 bits per heavy atom. The van der Waals surface area contributed by atoms with E-state index in [1.54, 1.807) is 18.3 Å². The van der Waals surface area contributed by atoms with Gasteiger partial charge in [-0.2, -0.15) is 5.26 Å². The first-order valence-corrected chi connectivity index (χ1v) is 5.54. The molecule has 4 heteroatoms. The van der Waals surface area contributed by atoms with Gasteiger partial charge in [-0.05, 0) is 31.9 Å². The topological polar surface area (TPSA) is 57.9 Å². The van der Waals surface area contributed by atoms with E-state index in [1.807, 2.05) is 0 Å². The molecule has 2 unspecified atom stereocenters. The molecule has 0 aliphatic carbocycles.